The number of H-pyrrole nitrogens is 1. The van der Waals surface area contributed by atoms with Gasteiger partial charge in [0.1, 0.15) is 0 Å². The summed E-state index contributed by atoms with van der Waals surface area (Å²) in [6, 6.07) is 21.2. The van der Waals surface area contributed by atoms with Crippen LogP contribution in [0.15, 0.2) is 72.8 Å². The highest BCUT2D eigenvalue weighted by Crippen LogP contribution is 2.32. The number of aryl methyl sites for hydroxylation is 1. The van der Waals surface area contributed by atoms with Gasteiger partial charge in [-0.15, -0.1) is 0 Å². The zero-order valence-electron chi connectivity index (χ0n) is 18.9. The van der Waals surface area contributed by atoms with E-state index in [-0.39, 0.29) is 5.69 Å². The van der Waals surface area contributed by atoms with Crippen LogP contribution < -0.4 is 5.48 Å². The van der Waals surface area contributed by atoms with Gasteiger partial charge in [0.15, 0.2) is 5.69 Å². The van der Waals surface area contributed by atoms with Crippen LogP contribution in [0, 0.1) is 6.92 Å². The van der Waals surface area contributed by atoms with Gasteiger partial charge >= 0.3 is 11.9 Å². The van der Waals surface area contributed by atoms with Crippen molar-refractivity contribution in [2.45, 2.75) is 32.6 Å². The first-order valence-electron chi connectivity index (χ1n) is 11.5. The van der Waals surface area contributed by atoms with E-state index in [0.717, 1.165) is 35.0 Å². The third-order valence-electron chi connectivity index (χ3n) is 6.26. The molecule has 1 aliphatic rings. The van der Waals surface area contributed by atoms with E-state index in [9.17, 15) is 9.59 Å². The molecule has 2 N–H and O–H groups in total. The van der Waals surface area contributed by atoms with E-state index in [0.29, 0.717) is 10.9 Å². The van der Waals surface area contributed by atoms with Crippen LogP contribution in [0.5, 0.6) is 0 Å². The molecule has 4 aromatic rings. The van der Waals surface area contributed by atoms with E-state index in [4.69, 9.17) is 4.84 Å². The second-order valence-corrected chi connectivity index (χ2v) is 8.49. The standard InChI is InChI=1S/C28H25N3O3/c1-18-8-5-6-11-22(18)28(33)34-31-27(32)26-25-23(12-7-13-24(25)29-30-26)21-16-14-20(15-17-21)19-9-3-2-4-10-19/h5-9,11-17H,2-4,10H2,1H3,(H,29,30)(H,31,32). The molecule has 1 aromatic heterocycles. The molecule has 0 spiro atoms. The number of aromatic nitrogens is 2. The Labute approximate surface area is 197 Å². The maximum absolute atomic E-state index is 12.9. The first-order valence-corrected chi connectivity index (χ1v) is 11.5. The molecule has 0 bridgehead atoms. The van der Waals surface area contributed by atoms with Crippen molar-refractivity contribution in [2.24, 2.45) is 0 Å². The number of aromatic amines is 1. The van der Waals surface area contributed by atoms with Crippen LogP contribution in [-0.4, -0.2) is 22.1 Å². The number of hydrogen-bond acceptors (Lipinski definition) is 4. The number of benzene rings is 3. The highest BCUT2D eigenvalue weighted by molar-refractivity contribution is 6.10. The molecule has 1 heterocycles. The Kier molecular flexibility index (Phi) is 5.95. The smallest absolute Gasteiger partial charge is 0.335 e. The molecule has 3 aromatic carbocycles. The van der Waals surface area contributed by atoms with Crippen molar-refractivity contribution in [1.29, 1.82) is 0 Å². The Bertz CT molecular complexity index is 1400. The van der Waals surface area contributed by atoms with Gasteiger partial charge in [-0.3, -0.25) is 9.89 Å². The fraction of sp³-hybridized carbons (Fsp3) is 0.179. The Morgan fingerprint density at radius 1 is 0.941 bits per heavy atom. The largest absolute Gasteiger partial charge is 0.363 e. The third kappa shape index (κ3) is 4.22. The lowest BCUT2D eigenvalue weighted by molar-refractivity contribution is 0.0228. The van der Waals surface area contributed by atoms with Crippen molar-refractivity contribution in [2.75, 3.05) is 0 Å². The van der Waals surface area contributed by atoms with Crippen LogP contribution in [0.3, 0.4) is 0 Å². The van der Waals surface area contributed by atoms with E-state index >= 15 is 0 Å². The number of nitrogens with zero attached hydrogens (tertiary/aromatic N) is 1. The van der Waals surface area contributed by atoms with Crippen LogP contribution in [0.2, 0.25) is 0 Å². The van der Waals surface area contributed by atoms with Gasteiger partial charge in [-0.2, -0.15) is 10.6 Å². The monoisotopic (exact) mass is 451 g/mol. The molecular weight excluding hydrogens is 426 g/mol. The normalized spacial score (nSPS) is 13.4. The second kappa shape index (κ2) is 9.35. The lowest BCUT2D eigenvalue weighted by Crippen LogP contribution is -2.28. The first kappa shape index (κ1) is 21.6. The summed E-state index contributed by atoms with van der Waals surface area (Å²) in [4.78, 5) is 30.4. The van der Waals surface area contributed by atoms with E-state index in [2.05, 4.69) is 46.0 Å². The number of amides is 1. The number of rotatable bonds is 4. The van der Waals surface area contributed by atoms with Crippen molar-refractivity contribution < 1.29 is 14.4 Å². The van der Waals surface area contributed by atoms with Gasteiger partial charge in [0.2, 0.25) is 0 Å². The molecule has 0 fully saturated rings. The van der Waals surface area contributed by atoms with Gasteiger partial charge in [0.25, 0.3) is 0 Å². The minimum absolute atomic E-state index is 0.169. The van der Waals surface area contributed by atoms with Crippen molar-refractivity contribution in [3.8, 4) is 11.1 Å². The molecule has 170 valence electrons. The summed E-state index contributed by atoms with van der Waals surface area (Å²) in [5, 5.41) is 7.79. The lowest BCUT2D eigenvalue weighted by atomic mass is 9.92. The number of fused-ring (bicyclic) bond motifs is 1. The predicted octanol–water partition coefficient (Wildman–Crippen LogP) is 6.00. The van der Waals surface area contributed by atoms with E-state index in [1.165, 1.54) is 24.0 Å². The number of hydroxylamine groups is 1. The van der Waals surface area contributed by atoms with Crippen molar-refractivity contribution >= 4 is 28.4 Å². The third-order valence-corrected chi connectivity index (χ3v) is 6.26. The second-order valence-electron chi connectivity index (χ2n) is 8.49. The summed E-state index contributed by atoms with van der Waals surface area (Å²) in [7, 11) is 0. The van der Waals surface area contributed by atoms with Gasteiger partial charge in [-0.05, 0) is 72.6 Å². The van der Waals surface area contributed by atoms with E-state index < -0.39 is 11.9 Å². The number of allylic oxidation sites excluding steroid dienone is 2. The average molecular weight is 452 g/mol. The van der Waals surface area contributed by atoms with Crippen molar-refractivity contribution in [3.63, 3.8) is 0 Å². The fourth-order valence-electron chi connectivity index (χ4n) is 4.44. The minimum atomic E-state index is -0.626. The summed E-state index contributed by atoms with van der Waals surface area (Å²) >= 11 is 0. The van der Waals surface area contributed by atoms with E-state index in [1.807, 2.05) is 37.3 Å². The summed E-state index contributed by atoms with van der Waals surface area (Å²) in [6.07, 6.45) is 7.07. The molecule has 1 aliphatic carbocycles. The van der Waals surface area contributed by atoms with Gasteiger partial charge in [-0.1, -0.05) is 60.7 Å². The zero-order chi connectivity index (χ0) is 23.5. The summed E-state index contributed by atoms with van der Waals surface area (Å²) in [5.74, 6) is -1.22. The van der Waals surface area contributed by atoms with Crippen LogP contribution in [0.25, 0.3) is 27.6 Å². The van der Waals surface area contributed by atoms with E-state index in [1.54, 1.807) is 12.1 Å². The van der Waals surface area contributed by atoms with Crippen molar-refractivity contribution in [1.82, 2.24) is 15.7 Å². The molecule has 0 aliphatic heterocycles. The minimum Gasteiger partial charge on any atom is -0.335 e. The predicted molar refractivity (Wildman–Crippen MR) is 132 cm³/mol. The molecule has 1 amide bonds. The SMILES string of the molecule is Cc1ccccc1C(=O)ONC(=O)c1n[nH]c2cccc(-c3ccc(C4=CCCCC4)cc3)c12. The molecule has 0 saturated heterocycles. The molecule has 6 nitrogen and oxygen atoms in total. The number of carbonyl (C=O) groups excluding carboxylic acids is 2. The topological polar surface area (TPSA) is 84.1 Å². The Hall–Kier alpha value is -4.19. The Balaban J connectivity index is 1.40. The lowest BCUT2D eigenvalue weighted by Gasteiger charge is -2.13. The zero-order valence-corrected chi connectivity index (χ0v) is 18.9. The van der Waals surface area contributed by atoms with Crippen LogP contribution >= 0.6 is 0 Å². The molecule has 5 rings (SSSR count). The quantitative estimate of drug-likeness (QED) is 0.373. The highest BCUT2D eigenvalue weighted by atomic mass is 16.7. The van der Waals surface area contributed by atoms with Crippen LogP contribution in [-0.2, 0) is 4.84 Å². The Morgan fingerprint density at radius 3 is 2.50 bits per heavy atom. The average Bonchev–Trinajstić information content (AvgIpc) is 3.33. The first-order chi connectivity index (χ1) is 16.6. The molecule has 0 unspecified atom stereocenters. The molecule has 0 atom stereocenters. The number of hydrogen-bond donors (Lipinski definition) is 2. The summed E-state index contributed by atoms with van der Waals surface area (Å²) in [6.45, 7) is 1.81. The molecule has 6 heteroatoms. The van der Waals surface area contributed by atoms with Gasteiger partial charge in [0.05, 0.1) is 11.1 Å². The van der Waals surface area contributed by atoms with Crippen LogP contribution in [0.1, 0.15) is 57.7 Å². The van der Waals surface area contributed by atoms with Crippen molar-refractivity contribution in [3.05, 3.63) is 95.2 Å². The number of nitrogens with one attached hydrogen (secondary N) is 2. The van der Waals surface area contributed by atoms with Gasteiger partial charge < -0.3 is 4.84 Å². The molecule has 0 saturated carbocycles. The highest BCUT2D eigenvalue weighted by Gasteiger charge is 2.20. The maximum Gasteiger partial charge on any atom is 0.363 e. The summed E-state index contributed by atoms with van der Waals surface area (Å²) in [5.41, 5.74) is 8.81. The fourth-order valence-corrected chi connectivity index (χ4v) is 4.44. The molecule has 0 radical (unpaired) electrons. The van der Waals surface area contributed by atoms with Gasteiger partial charge in [0, 0.05) is 5.39 Å². The number of carbonyl (C=O) groups is 2. The molecular formula is C28H25N3O3. The Morgan fingerprint density at radius 2 is 1.74 bits per heavy atom. The maximum atomic E-state index is 12.9. The molecule has 34 heavy (non-hydrogen) atoms. The summed E-state index contributed by atoms with van der Waals surface area (Å²) < 4.78 is 0. The van der Waals surface area contributed by atoms with Gasteiger partial charge in [-0.25, -0.2) is 4.79 Å². The van der Waals surface area contributed by atoms with Crippen LogP contribution in [0.4, 0.5) is 0 Å².